The first-order valence-corrected chi connectivity index (χ1v) is 9.38. The summed E-state index contributed by atoms with van der Waals surface area (Å²) in [6, 6.07) is 0. The number of hydrogen-bond acceptors (Lipinski definition) is 2. The van der Waals surface area contributed by atoms with Gasteiger partial charge in [0.1, 0.15) is 9.02 Å². The summed E-state index contributed by atoms with van der Waals surface area (Å²) in [5.74, 6) is 2.30. The maximum absolute atomic E-state index is 12.6. The molecule has 0 spiro atoms. The Hall–Kier alpha value is 0.200. The predicted molar refractivity (Wildman–Crippen MR) is 91.1 cm³/mol. The van der Waals surface area contributed by atoms with Crippen molar-refractivity contribution in [2.24, 2.45) is 17.8 Å². The number of alkyl halides is 1. The Labute approximate surface area is 137 Å². The third-order valence-corrected chi connectivity index (χ3v) is 7.20. The molecule has 0 amide bonds. The Balaban J connectivity index is 2.15. The van der Waals surface area contributed by atoms with Gasteiger partial charge >= 0.3 is 5.97 Å². The van der Waals surface area contributed by atoms with Crippen LogP contribution >= 0.6 is 22.6 Å². The van der Waals surface area contributed by atoms with Crippen molar-refractivity contribution in [3.8, 4) is 0 Å². The van der Waals surface area contributed by atoms with Gasteiger partial charge in [-0.25, -0.2) is 0 Å². The van der Waals surface area contributed by atoms with Crippen LogP contribution in [0.2, 0.25) is 0 Å². The third kappa shape index (κ3) is 2.89. The maximum Gasteiger partial charge on any atom is 0.322 e. The summed E-state index contributed by atoms with van der Waals surface area (Å²) in [5.41, 5.74) is -0.210. The Morgan fingerprint density at radius 2 is 1.80 bits per heavy atom. The van der Waals surface area contributed by atoms with Crippen LogP contribution in [0.1, 0.15) is 72.6 Å². The molecule has 116 valence electrons. The average molecular weight is 392 g/mol. The lowest BCUT2D eigenvalue weighted by atomic mass is 9.73. The summed E-state index contributed by atoms with van der Waals surface area (Å²) in [4.78, 5) is 12.6. The van der Waals surface area contributed by atoms with E-state index in [9.17, 15) is 4.79 Å². The number of carbonyl (C=O) groups is 1. The lowest BCUT2D eigenvalue weighted by molar-refractivity contribution is -0.172. The zero-order valence-electron chi connectivity index (χ0n) is 13.4. The van der Waals surface area contributed by atoms with Crippen molar-refractivity contribution < 1.29 is 9.53 Å². The molecule has 2 bridgehead atoms. The van der Waals surface area contributed by atoms with E-state index < -0.39 is 0 Å². The van der Waals surface area contributed by atoms with Crippen LogP contribution in [0.15, 0.2) is 0 Å². The number of hydrogen-bond donors (Lipinski definition) is 0. The normalized spacial score (nSPS) is 32.1. The standard InChI is InChI=1S/C17H29IO2/c1-5-16(4,18)15(19)20-17(6-2,7-3)14-11-12-8-9-13(14)10-12/h12-14H,5-11H2,1-4H3. The molecule has 2 fully saturated rings. The molecule has 2 saturated carbocycles. The van der Waals surface area contributed by atoms with Crippen molar-refractivity contribution >= 4 is 28.6 Å². The van der Waals surface area contributed by atoms with Crippen molar-refractivity contribution in [1.29, 1.82) is 0 Å². The van der Waals surface area contributed by atoms with Crippen molar-refractivity contribution in [2.75, 3.05) is 0 Å². The lowest BCUT2D eigenvalue weighted by Crippen LogP contribution is -2.47. The van der Waals surface area contributed by atoms with Crippen molar-refractivity contribution in [3.63, 3.8) is 0 Å². The van der Waals surface area contributed by atoms with Gasteiger partial charge in [0.05, 0.1) is 0 Å². The zero-order valence-corrected chi connectivity index (χ0v) is 15.5. The van der Waals surface area contributed by atoms with Gasteiger partial charge in [0.2, 0.25) is 0 Å². The largest absolute Gasteiger partial charge is 0.458 e. The molecule has 0 aliphatic heterocycles. The van der Waals surface area contributed by atoms with Gasteiger partial charge in [0, 0.05) is 5.92 Å². The van der Waals surface area contributed by atoms with E-state index in [1.807, 2.05) is 6.92 Å². The summed E-state index contributed by atoms with van der Waals surface area (Å²) in [6.07, 6.45) is 8.15. The van der Waals surface area contributed by atoms with Gasteiger partial charge in [-0.2, -0.15) is 0 Å². The molecule has 0 heterocycles. The molecule has 0 N–H and O–H groups in total. The fraction of sp³-hybridized carbons (Fsp3) is 0.941. The summed E-state index contributed by atoms with van der Waals surface area (Å²) < 4.78 is 5.80. The quantitative estimate of drug-likeness (QED) is 0.356. The number of carbonyl (C=O) groups excluding carboxylic acids is 1. The summed E-state index contributed by atoms with van der Waals surface area (Å²) in [6.45, 7) is 8.44. The van der Waals surface area contributed by atoms with Crippen LogP contribution in [-0.4, -0.2) is 15.0 Å². The van der Waals surface area contributed by atoms with E-state index in [0.717, 1.165) is 31.1 Å². The van der Waals surface area contributed by atoms with E-state index in [1.54, 1.807) is 0 Å². The lowest BCUT2D eigenvalue weighted by Gasteiger charge is -2.42. The van der Waals surface area contributed by atoms with Crippen molar-refractivity contribution in [3.05, 3.63) is 0 Å². The second-order valence-corrected chi connectivity index (χ2v) is 9.37. The summed E-state index contributed by atoms with van der Waals surface area (Å²) in [7, 11) is 0. The maximum atomic E-state index is 12.6. The zero-order chi connectivity index (χ0) is 15.0. The molecule has 2 aliphatic carbocycles. The predicted octanol–water partition coefficient (Wildman–Crippen LogP) is 5.13. The number of rotatable bonds is 6. The van der Waals surface area contributed by atoms with Crippen LogP contribution < -0.4 is 0 Å². The summed E-state index contributed by atoms with van der Waals surface area (Å²) in [5, 5.41) is 0. The van der Waals surface area contributed by atoms with Gasteiger partial charge in [0.25, 0.3) is 0 Å². The van der Waals surface area contributed by atoms with Crippen LogP contribution in [0.3, 0.4) is 0 Å². The minimum absolute atomic E-state index is 0.00734. The minimum atomic E-state index is -0.384. The third-order valence-electron chi connectivity index (χ3n) is 6.00. The van der Waals surface area contributed by atoms with Crippen LogP contribution in [0.25, 0.3) is 0 Å². The van der Waals surface area contributed by atoms with E-state index >= 15 is 0 Å². The van der Waals surface area contributed by atoms with Crippen molar-refractivity contribution in [2.45, 2.75) is 81.7 Å². The molecule has 0 aromatic heterocycles. The van der Waals surface area contributed by atoms with Gasteiger partial charge in [-0.3, -0.25) is 4.79 Å². The van der Waals surface area contributed by atoms with Crippen molar-refractivity contribution in [1.82, 2.24) is 0 Å². The molecule has 2 nitrogen and oxygen atoms in total. The van der Waals surface area contributed by atoms with Crippen LogP contribution in [0.5, 0.6) is 0 Å². The first-order chi connectivity index (χ1) is 9.38. The molecule has 3 heteroatoms. The number of fused-ring (bicyclic) bond motifs is 2. The molecule has 0 aromatic carbocycles. The molecule has 0 saturated heterocycles. The van der Waals surface area contributed by atoms with E-state index in [-0.39, 0.29) is 15.0 Å². The van der Waals surface area contributed by atoms with Gasteiger partial charge in [-0.15, -0.1) is 0 Å². The monoisotopic (exact) mass is 392 g/mol. The fourth-order valence-corrected chi connectivity index (χ4v) is 4.43. The highest BCUT2D eigenvalue weighted by Gasteiger charge is 2.52. The molecule has 2 aliphatic rings. The molecule has 4 atom stereocenters. The molecule has 2 rings (SSSR count). The van der Waals surface area contributed by atoms with Crippen LogP contribution in [-0.2, 0) is 9.53 Å². The smallest absolute Gasteiger partial charge is 0.322 e. The van der Waals surface area contributed by atoms with E-state index in [1.165, 1.54) is 25.7 Å². The van der Waals surface area contributed by atoms with Gasteiger partial charge in [-0.1, -0.05) is 49.8 Å². The van der Waals surface area contributed by atoms with E-state index in [2.05, 4.69) is 43.4 Å². The molecular weight excluding hydrogens is 363 g/mol. The number of ether oxygens (including phenoxy) is 1. The van der Waals surface area contributed by atoms with Gasteiger partial charge in [-0.05, 0) is 57.3 Å². The van der Waals surface area contributed by atoms with Crippen LogP contribution in [0, 0.1) is 17.8 Å². The Bertz CT molecular complexity index is 360. The second-order valence-electron chi connectivity index (χ2n) is 6.99. The SMILES string of the molecule is CCC(C)(I)C(=O)OC(CC)(CC)C1CC2CCC1C2. The highest BCUT2D eigenvalue weighted by molar-refractivity contribution is 14.1. The molecule has 20 heavy (non-hydrogen) atoms. The molecule has 4 unspecified atom stereocenters. The van der Waals surface area contributed by atoms with Crippen LogP contribution in [0.4, 0.5) is 0 Å². The number of halogens is 1. The summed E-state index contributed by atoms with van der Waals surface area (Å²) >= 11 is 2.25. The molecule has 0 aromatic rings. The molecule has 0 radical (unpaired) electrons. The Kier molecular flexibility index (Phi) is 5.08. The average Bonchev–Trinajstić information content (AvgIpc) is 3.07. The number of esters is 1. The Morgan fingerprint density at radius 3 is 2.20 bits per heavy atom. The first-order valence-electron chi connectivity index (χ1n) is 8.30. The highest BCUT2D eigenvalue weighted by Crippen LogP contribution is 2.55. The Morgan fingerprint density at radius 1 is 1.15 bits per heavy atom. The highest BCUT2D eigenvalue weighted by atomic mass is 127. The topological polar surface area (TPSA) is 26.3 Å². The van der Waals surface area contributed by atoms with Gasteiger partial charge < -0.3 is 4.74 Å². The minimum Gasteiger partial charge on any atom is -0.458 e. The fourth-order valence-electron chi connectivity index (χ4n) is 4.32. The van der Waals surface area contributed by atoms with Gasteiger partial charge in [0.15, 0.2) is 0 Å². The molecular formula is C17H29IO2. The first kappa shape index (κ1) is 16.6. The van der Waals surface area contributed by atoms with E-state index in [0.29, 0.717) is 5.92 Å². The second kappa shape index (κ2) is 6.13. The van der Waals surface area contributed by atoms with E-state index in [4.69, 9.17) is 4.74 Å².